The number of rotatable bonds is 3. The maximum Gasteiger partial charge on any atom is 0.325 e. The first kappa shape index (κ1) is 11.8. The lowest BCUT2D eigenvalue weighted by Gasteiger charge is -2.07. The highest BCUT2D eigenvalue weighted by Gasteiger charge is 2.21. The Morgan fingerprint density at radius 1 is 1.59 bits per heavy atom. The fraction of sp³-hybridized carbons (Fsp3) is 0.182. The van der Waals surface area contributed by atoms with Crippen LogP contribution < -0.4 is 10.5 Å². The molecule has 0 aliphatic carbocycles. The zero-order valence-corrected chi connectivity index (χ0v) is 9.78. The molecule has 0 saturated heterocycles. The number of benzene rings is 1. The summed E-state index contributed by atoms with van der Waals surface area (Å²) in [5, 5.41) is 9.94. The Labute approximate surface area is 102 Å². The third kappa shape index (κ3) is 1.83. The summed E-state index contributed by atoms with van der Waals surface area (Å²) in [5.74, 6) is -0.516. The SMILES string of the molecule is COc1ccc(Cl)c2c(C(N)C(=O)O)c[nH]c12. The first-order valence-electron chi connectivity index (χ1n) is 4.88. The number of fused-ring (bicyclic) bond motifs is 1. The van der Waals surface area contributed by atoms with Crippen LogP contribution in [0.1, 0.15) is 11.6 Å². The average molecular weight is 255 g/mol. The number of carboxylic acid groups (broad SMARTS) is 1. The molecule has 0 amide bonds. The van der Waals surface area contributed by atoms with E-state index in [1.165, 1.54) is 13.3 Å². The largest absolute Gasteiger partial charge is 0.495 e. The van der Waals surface area contributed by atoms with Gasteiger partial charge in [0.05, 0.1) is 17.6 Å². The van der Waals surface area contributed by atoms with Gasteiger partial charge in [0.2, 0.25) is 0 Å². The molecule has 1 unspecified atom stereocenters. The Bertz CT molecular complexity index is 579. The van der Waals surface area contributed by atoms with E-state index < -0.39 is 12.0 Å². The Balaban J connectivity index is 2.71. The third-order valence-electron chi connectivity index (χ3n) is 2.60. The standard InChI is InChI=1S/C11H11ClN2O3/c1-17-7-3-2-6(12)8-5(4-14-10(7)8)9(13)11(15)16/h2-4,9,14H,13H2,1H3,(H,15,16). The molecule has 5 nitrogen and oxygen atoms in total. The number of hydrogen-bond donors (Lipinski definition) is 3. The lowest BCUT2D eigenvalue weighted by Crippen LogP contribution is -2.20. The summed E-state index contributed by atoms with van der Waals surface area (Å²) in [5.41, 5.74) is 6.68. The van der Waals surface area contributed by atoms with Crippen LogP contribution in [-0.2, 0) is 4.79 Å². The average Bonchev–Trinajstić information content (AvgIpc) is 2.74. The van der Waals surface area contributed by atoms with Crippen molar-refractivity contribution in [2.75, 3.05) is 7.11 Å². The second-order valence-electron chi connectivity index (χ2n) is 3.56. The van der Waals surface area contributed by atoms with Crippen LogP contribution in [0.25, 0.3) is 10.9 Å². The van der Waals surface area contributed by atoms with Crippen LogP contribution in [0.5, 0.6) is 5.75 Å². The molecule has 6 heteroatoms. The zero-order chi connectivity index (χ0) is 12.6. The number of nitrogens with one attached hydrogen (secondary N) is 1. The molecule has 0 radical (unpaired) electrons. The third-order valence-corrected chi connectivity index (χ3v) is 2.91. The molecule has 17 heavy (non-hydrogen) atoms. The number of aromatic amines is 1. The summed E-state index contributed by atoms with van der Waals surface area (Å²) in [7, 11) is 1.53. The van der Waals surface area contributed by atoms with Crippen molar-refractivity contribution >= 4 is 28.5 Å². The molecule has 1 heterocycles. The molecule has 0 fully saturated rings. The van der Waals surface area contributed by atoms with Crippen molar-refractivity contribution in [3.63, 3.8) is 0 Å². The predicted molar refractivity (Wildman–Crippen MR) is 64.4 cm³/mol. The minimum atomic E-state index is -1.12. The molecule has 0 spiro atoms. The van der Waals surface area contributed by atoms with E-state index in [1.54, 1.807) is 12.1 Å². The van der Waals surface area contributed by atoms with Crippen LogP contribution in [0, 0.1) is 0 Å². The van der Waals surface area contributed by atoms with Gasteiger partial charge in [-0.1, -0.05) is 11.6 Å². The van der Waals surface area contributed by atoms with Gasteiger partial charge in [0.1, 0.15) is 11.8 Å². The maximum absolute atomic E-state index is 10.9. The Morgan fingerprint density at radius 3 is 2.88 bits per heavy atom. The fourth-order valence-corrected chi connectivity index (χ4v) is 2.02. The molecule has 1 aromatic heterocycles. The van der Waals surface area contributed by atoms with Gasteiger partial charge in [-0.15, -0.1) is 0 Å². The quantitative estimate of drug-likeness (QED) is 0.781. The second-order valence-corrected chi connectivity index (χ2v) is 3.97. The number of aliphatic carboxylic acids is 1. The summed E-state index contributed by atoms with van der Waals surface area (Å²) in [6, 6.07) is 2.24. The van der Waals surface area contributed by atoms with E-state index >= 15 is 0 Å². The van der Waals surface area contributed by atoms with Gasteiger partial charge in [0, 0.05) is 17.1 Å². The summed E-state index contributed by atoms with van der Waals surface area (Å²) in [4.78, 5) is 13.8. The number of nitrogens with two attached hydrogens (primary N) is 1. The Kier molecular flexibility index (Phi) is 2.95. The molecule has 0 aliphatic heterocycles. The number of carboxylic acids is 1. The molecule has 2 aromatic rings. The van der Waals surface area contributed by atoms with E-state index in [-0.39, 0.29) is 0 Å². The van der Waals surface area contributed by atoms with Crippen molar-refractivity contribution in [2.24, 2.45) is 5.73 Å². The fourth-order valence-electron chi connectivity index (χ4n) is 1.75. The molecular weight excluding hydrogens is 244 g/mol. The van der Waals surface area contributed by atoms with Crippen LogP contribution in [-0.4, -0.2) is 23.2 Å². The van der Waals surface area contributed by atoms with Gasteiger partial charge in [-0.05, 0) is 12.1 Å². The summed E-state index contributed by atoms with van der Waals surface area (Å²) < 4.78 is 5.16. The molecule has 1 aromatic carbocycles. The van der Waals surface area contributed by atoms with E-state index in [9.17, 15) is 4.79 Å². The zero-order valence-electron chi connectivity index (χ0n) is 9.03. The number of methoxy groups -OCH3 is 1. The van der Waals surface area contributed by atoms with Gasteiger partial charge < -0.3 is 20.6 Å². The van der Waals surface area contributed by atoms with Crippen molar-refractivity contribution in [3.05, 3.63) is 28.9 Å². The van der Waals surface area contributed by atoms with Crippen LogP contribution in [0.3, 0.4) is 0 Å². The number of carbonyl (C=O) groups is 1. The van der Waals surface area contributed by atoms with E-state index in [0.717, 1.165) is 0 Å². The van der Waals surface area contributed by atoms with Crippen LogP contribution in [0.2, 0.25) is 5.02 Å². The van der Waals surface area contributed by atoms with Crippen molar-refractivity contribution in [1.29, 1.82) is 0 Å². The maximum atomic E-state index is 10.9. The Hall–Kier alpha value is -1.72. The lowest BCUT2D eigenvalue weighted by molar-refractivity contribution is -0.138. The normalized spacial score (nSPS) is 12.6. The number of hydrogen-bond acceptors (Lipinski definition) is 3. The highest BCUT2D eigenvalue weighted by molar-refractivity contribution is 6.36. The van der Waals surface area contributed by atoms with Gasteiger partial charge in [0.25, 0.3) is 0 Å². The smallest absolute Gasteiger partial charge is 0.325 e. The van der Waals surface area contributed by atoms with Crippen molar-refractivity contribution < 1.29 is 14.6 Å². The Morgan fingerprint density at radius 2 is 2.29 bits per heavy atom. The molecule has 90 valence electrons. The first-order chi connectivity index (χ1) is 8.06. The molecule has 0 saturated carbocycles. The van der Waals surface area contributed by atoms with Gasteiger partial charge in [-0.3, -0.25) is 4.79 Å². The molecular formula is C11H11ClN2O3. The number of ether oxygens (including phenoxy) is 1. The van der Waals surface area contributed by atoms with Crippen LogP contribution in [0.4, 0.5) is 0 Å². The summed E-state index contributed by atoms with van der Waals surface area (Å²) in [6.07, 6.45) is 1.54. The number of aromatic nitrogens is 1. The van der Waals surface area contributed by atoms with Crippen LogP contribution >= 0.6 is 11.6 Å². The molecule has 0 bridgehead atoms. The minimum Gasteiger partial charge on any atom is -0.495 e. The molecule has 0 aliphatic rings. The summed E-state index contributed by atoms with van der Waals surface area (Å²) >= 11 is 6.06. The topological polar surface area (TPSA) is 88.3 Å². The van der Waals surface area contributed by atoms with E-state index in [4.69, 9.17) is 27.2 Å². The monoisotopic (exact) mass is 254 g/mol. The van der Waals surface area contributed by atoms with Crippen molar-refractivity contribution in [3.8, 4) is 5.75 Å². The predicted octanol–water partition coefficient (Wildman–Crippen LogP) is 1.91. The highest BCUT2D eigenvalue weighted by Crippen LogP contribution is 2.35. The van der Waals surface area contributed by atoms with Crippen molar-refractivity contribution in [1.82, 2.24) is 4.98 Å². The van der Waals surface area contributed by atoms with Gasteiger partial charge in [-0.2, -0.15) is 0 Å². The van der Waals surface area contributed by atoms with E-state index in [1.807, 2.05) is 0 Å². The number of H-pyrrole nitrogens is 1. The minimum absolute atomic E-state index is 0.439. The van der Waals surface area contributed by atoms with E-state index in [0.29, 0.717) is 27.2 Å². The highest BCUT2D eigenvalue weighted by atomic mass is 35.5. The van der Waals surface area contributed by atoms with E-state index in [2.05, 4.69) is 4.98 Å². The molecule has 2 rings (SSSR count). The van der Waals surface area contributed by atoms with Gasteiger partial charge in [0.15, 0.2) is 0 Å². The molecule has 1 atom stereocenters. The van der Waals surface area contributed by atoms with Gasteiger partial charge >= 0.3 is 5.97 Å². The molecule has 4 N–H and O–H groups in total. The lowest BCUT2D eigenvalue weighted by atomic mass is 10.1. The second kappa shape index (κ2) is 4.27. The van der Waals surface area contributed by atoms with Gasteiger partial charge in [-0.25, -0.2) is 0 Å². The van der Waals surface area contributed by atoms with Crippen LogP contribution in [0.15, 0.2) is 18.3 Å². The van der Waals surface area contributed by atoms with Crippen molar-refractivity contribution in [2.45, 2.75) is 6.04 Å². The first-order valence-corrected chi connectivity index (χ1v) is 5.26. The number of halogens is 1. The summed E-state index contributed by atoms with van der Waals surface area (Å²) in [6.45, 7) is 0.